The van der Waals surface area contributed by atoms with Crippen molar-refractivity contribution in [2.75, 3.05) is 26.2 Å². The zero-order valence-electron chi connectivity index (χ0n) is 17.4. The van der Waals surface area contributed by atoms with E-state index in [1.165, 1.54) is 37.7 Å². The van der Waals surface area contributed by atoms with Crippen LogP contribution in [-0.4, -0.2) is 53.0 Å². The largest absolute Gasteiger partial charge is 0.383 e. The highest BCUT2D eigenvalue weighted by Crippen LogP contribution is 2.34. The number of amides is 1. The number of carbonyl (C=O) groups is 1. The molecule has 4 rings (SSSR count). The Morgan fingerprint density at radius 2 is 1.71 bits per heavy atom. The van der Waals surface area contributed by atoms with Crippen LogP contribution in [0.1, 0.15) is 68.9 Å². The van der Waals surface area contributed by atoms with Gasteiger partial charge in [-0.15, -0.1) is 0 Å². The Kier molecular flexibility index (Phi) is 6.07. The van der Waals surface area contributed by atoms with Gasteiger partial charge in [0.15, 0.2) is 0 Å². The first-order valence-electron chi connectivity index (χ1n) is 11.3. The van der Waals surface area contributed by atoms with Gasteiger partial charge in [-0.05, 0) is 63.6 Å². The summed E-state index contributed by atoms with van der Waals surface area (Å²) >= 11 is 0. The van der Waals surface area contributed by atoms with E-state index in [0.717, 1.165) is 37.5 Å². The van der Waals surface area contributed by atoms with E-state index in [1.54, 1.807) is 0 Å². The molecule has 1 aromatic rings. The van der Waals surface area contributed by atoms with E-state index in [1.807, 2.05) is 29.2 Å². The molecule has 0 radical (unpaired) electrons. The summed E-state index contributed by atoms with van der Waals surface area (Å²) in [6, 6.07) is 8.89. The summed E-state index contributed by atoms with van der Waals surface area (Å²) in [5, 5.41) is 11.1. The first-order valence-corrected chi connectivity index (χ1v) is 11.3. The van der Waals surface area contributed by atoms with Gasteiger partial charge in [0.25, 0.3) is 0 Å². The smallest absolute Gasteiger partial charge is 0.222 e. The van der Waals surface area contributed by atoms with Crippen LogP contribution in [0.3, 0.4) is 0 Å². The second-order valence-corrected chi connectivity index (χ2v) is 9.44. The second-order valence-electron chi connectivity index (χ2n) is 9.44. The monoisotopic (exact) mass is 384 g/mol. The molecule has 4 heteroatoms. The molecule has 1 N–H and O–H groups in total. The molecule has 2 aliphatic heterocycles. The molecule has 0 unspecified atom stereocenters. The van der Waals surface area contributed by atoms with Gasteiger partial charge in [-0.1, -0.05) is 49.1 Å². The lowest BCUT2D eigenvalue weighted by Crippen LogP contribution is -2.43. The van der Waals surface area contributed by atoms with Gasteiger partial charge in [0, 0.05) is 19.0 Å². The summed E-state index contributed by atoms with van der Waals surface area (Å²) < 4.78 is 0. The average molecular weight is 385 g/mol. The number of piperidine rings is 1. The first kappa shape index (κ1) is 19.9. The van der Waals surface area contributed by atoms with E-state index in [2.05, 4.69) is 11.8 Å². The minimum Gasteiger partial charge on any atom is -0.383 e. The molecule has 4 nitrogen and oxygen atoms in total. The van der Waals surface area contributed by atoms with E-state index < -0.39 is 5.60 Å². The Hall–Kier alpha value is -1.39. The quantitative estimate of drug-likeness (QED) is 0.857. The third kappa shape index (κ3) is 4.44. The maximum Gasteiger partial charge on any atom is 0.222 e. The molecule has 0 spiro atoms. The van der Waals surface area contributed by atoms with Crippen molar-refractivity contribution >= 4 is 5.91 Å². The van der Waals surface area contributed by atoms with Gasteiger partial charge < -0.3 is 14.9 Å². The van der Waals surface area contributed by atoms with Gasteiger partial charge in [0.2, 0.25) is 5.91 Å². The maximum absolute atomic E-state index is 12.9. The predicted octanol–water partition coefficient (Wildman–Crippen LogP) is 3.85. The summed E-state index contributed by atoms with van der Waals surface area (Å²) in [6.07, 6.45) is 10.5. The average Bonchev–Trinajstić information content (AvgIpc) is 3.13. The molecule has 0 bridgehead atoms. The molecule has 154 valence electrons. The predicted molar refractivity (Wildman–Crippen MR) is 112 cm³/mol. The number of hydrogen-bond acceptors (Lipinski definition) is 3. The maximum atomic E-state index is 12.9. The van der Waals surface area contributed by atoms with Crippen LogP contribution in [0.2, 0.25) is 0 Å². The summed E-state index contributed by atoms with van der Waals surface area (Å²) in [6.45, 7) is 5.49. The third-order valence-electron chi connectivity index (χ3n) is 7.39. The minimum absolute atomic E-state index is 0.235. The molecule has 3 fully saturated rings. The number of aryl methyl sites for hydroxylation is 1. The summed E-state index contributed by atoms with van der Waals surface area (Å²) in [5.74, 6) is 0.750. The summed E-state index contributed by atoms with van der Waals surface area (Å²) in [5.41, 5.74) is 1.25. The molecular weight excluding hydrogens is 348 g/mol. The number of carbonyl (C=O) groups excluding carboxylic acids is 1. The Labute approximate surface area is 169 Å². The standard InChI is InChI=1S/C24H36N2O2/c1-19-7-9-21(10-8-19)24(28)13-16-26(18-24)23(27)17-20-11-14-25(15-12-20)22-5-3-2-4-6-22/h7-10,20,22,28H,2-6,11-18H2,1H3/t24-/m1/s1. The van der Waals surface area contributed by atoms with Crippen molar-refractivity contribution in [1.82, 2.24) is 9.80 Å². The van der Waals surface area contributed by atoms with Crippen LogP contribution in [-0.2, 0) is 10.4 Å². The molecule has 28 heavy (non-hydrogen) atoms. The molecular formula is C24H36N2O2. The third-order valence-corrected chi connectivity index (χ3v) is 7.39. The van der Waals surface area contributed by atoms with Crippen molar-refractivity contribution in [2.24, 2.45) is 5.92 Å². The lowest BCUT2D eigenvalue weighted by Gasteiger charge is -2.39. The fraction of sp³-hybridized carbons (Fsp3) is 0.708. The Morgan fingerprint density at radius 3 is 2.39 bits per heavy atom. The van der Waals surface area contributed by atoms with Crippen LogP contribution >= 0.6 is 0 Å². The highest BCUT2D eigenvalue weighted by atomic mass is 16.3. The van der Waals surface area contributed by atoms with Crippen LogP contribution < -0.4 is 0 Å². The molecule has 3 aliphatic rings. The van der Waals surface area contributed by atoms with Gasteiger partial charge in [-0.25, -0.2) is 0 Å². The van der Waals surface area contributed by atoms with Gasteiger partial charge in [-0.3, -0.25) is 4.79 Å². The number of likely N-dealkylation sites (tertiary alicyclic amines) is 2. The Morgan fingerprint density at radius 1 is 1.04 bits per heavy atom. The van der Waals surface area contributed by atoms with Crippen molar-refractivity contribution in [1.29, 1.82) is 0 Å². The van der Waals surface area contributed by atoms with Gasteiger partial charge >= 0.3 is 0 Å². The van der Waals surface area contributed by atoms with Crippen LogP contribution in [0, 0.1) is 12.8 Å². The molecule has 1 amide bonds. The fourth-order valence-corrected chi connectivity index (χ4v) is 5.45. The number of rotatable bonds is 4. The van der Waals surface area contributed by atoms with Crippen molar-refractivity contribution in [3.63, 3.8) is 0 Å². The van der Waals surface area contributed by atoms with E-state index in [9.17, 15) is 9.90 Å². The van der Waals surface area contributed by atoms with Crippen molar-refractivity contribution in [3.05, 3.63) is 35.4 Å². The molecule has 1 atom stereocenters. The number of β-amino-alcohol motifs (C(OH)–C–C–N with tert-alkyl or cyclic N) is 1. The second kappa shape index (κ2) is 8.54. The number of hydrogen-bond donors (Lipinski definition) is 1. The van der Waals surface area contributed by atoms with E-state index in [4.69, 9.17) is 0 Å². The van der Waals surface area contributed by atoms with Crippen LogP contribution in [0.4, 0.5) is 0 Å². The molecule has 2 heterocycles. The van der Waals surface area contributed by atoms with Crippen molar-refractivity contribution in [2.45, 2.75) is 76.4 Å². The Bertz CT molecular complexity index is 660. The summed E-state index contributed by atoms with van der Waals surface area (Å²) in [4.78, 5) is 17.5. The number of benzene rings is 1. The minimum atomic E-state index is -0.881. The number of aliphatic hydroxyl groups is 1. The first-order chi connectivity index (χ1) is 13.5. The van der Waals surface area contributed by atoms with Gasteiger partial charge in [0.1, 0.15) is 5.60 Å². The summed E-state index contributed by atoms with van der Waals surface area (Å²) in [7, 11) is 0. The zero-order chi connectivity index (χ0) is 19.6. The van der Waals surface area contributed by atoms with Crippen LogP contribution in [0.25, 0.3) is 0 Å². The lowest BCUT2D eigenvalue weighted by atomic mass is 9.88. The topological polar surface area (TPSA) is 43.8 Å². The highest BCUT2D eigenvalue weighted by molar-refractivity contribution is 5.77. The molecule has 1 aromatic carbocycles. The normalized spacial score (nSPS) is 28.0. The van der Waals surface area contributed by atoms with Crippen molar-refractivity contribution < 1.29 is 9.90 Å². The van der Waals surface area contributed by atoms with E-state index in [0.29, 0.717) is 31.8 Å². The molecule has 1 aliphatic carbocycles. The van der Waals surface area contributed by atoms with Crippen LogP contribution in [0.15, 0.2) is 24.3 Å². The van der Waals surface area contributed by atoms with Crippen molar-refractivity contribution in [3.8, 4) is 0 Å². The SMILES string of the molecule is Cc1ccc([C@@]2(O)CCN(C(=O)CC3CCN(C4CCCCC4)CC3)C2)cc1. The lowest BCUT2D eigenvalue weighted by molar-refractivity contribution is -0.132. The van der Waals surface area contributed by atoms with E-state index >= 15 is 0 Å². The van der Waals surface area contributed by atoms with Gasteiger partial charge in [0.05, 0.1) is 6.54 Å². The molecule has 0 aromatic heterocycles. The zero-order valence-corrected chi connectivity index (χ0v) is 17.4. The van der Waals surface area contributed by atoms with Gasteiger partial charge in [-0.2, -0.15) is 0 Å². The van der Waals surface area contributed by atoms with Crippen LogP contribution in [0.5, 0.6) is 0 Å². The Balaban J connectivity index is 1.26. The molecule has 1 saturated carbocycles. The highest BCUT2D eigenvalue weighted by Gasteiger charge is 2.40. The van der Waals surface area contributed by atoms with E-state index in [-0.39, 0.29) is 5.91 Å². The molecule has 2 saturated heterocycles. The number of nitrogens with zero attached hydrogens (tertiary/aromatic N) is 2. The fourth-order valence-electron chi connectivity index (χ4n) is 5.45.